The summed E-state index contributed by atoms with van der Waals surface area (Å²) in [5.41, 5.74) is 2.98. The molecule has 2 aromatic carbocycles. The second-order valence-electron chi connectivity index (χ2n) is 5.38. The first-order valence-electron chi connectivity index (χ1n) is 7.91. The molecule has 0 heterocycles. The van der Waals surface area contributed by atoms with Crippen molar-refractivity contribution in [3.05, 3.63) is 70.8 Å². The predicted molar refractivity (Wildman–Crippen MR) is 97.9 cm³/mol. The van der Waals surface area contributed by atoms with Crippen molar-refractivity contribution in [3.63, 3.8) is 0 Å². The van der Waals surface area contributed by atoms with E-state index >= 15 is 0 Å². The van der Waals surface area contributed by atoms with Gasteiger partial charge in [-0.05, 0) is 47.9 Å². The number of anilines is 1. The topological polar surface area (TPSA) is 82.0 Å². The number of nitrogens with zero attached hydrogens (tertiary/aromatic N) is 1. The number of nitrogens with one attached hydrogen (secondary N) is 2. The van der Waals surface area contributed by atoms with Crippen molar-refractivity contribution in [3.8, 4) is 6.07 Å². The van der Waals surface area contributed by atoms with Crippen LogP contribution in [0.1, 0.15) is 28.4 Å². The van der Waals surface area contributed by atoms with E-state index in [2.05, 4.69) is 17.6 Å². The van der Waals surface area contributed by atoms with Gasteiger partial charge in [-0.2, -0.15) is 5.26 Å². The lowest BCUT2D eigenvalue weighted by atomic mass is 10.1. The van der Waals surface area contributed by atoms with Crippen LogP contribution in [0.15, 0.2) is 54.1 Å². The number of aryl methyl sites for hydroxylation is 1. The molecule has 0 bridgehead atoms. The summed E-state index contributed by atoms with van der Waals surface area (Å²) in [7, 11) is 1.56. The molecular formula is C20H19N3O2. The second-order valence-corrected chi connectivity index (χ2v) is 5.38. The van der Waals surface area contributed by atoms with Crippen LogP contribution in [0.5, 0.6) is 0 Å². The van der Waals surface area contributed by atoms with Gasteiger partial charge >= 0.3 is 0 Å². The minimum Gasteiger partial charge on any atom is -0.355 e. The van der Waals surface area contributed by atoms with Crippen molar-refractivity contribution in [2.75, 3.05) is 12.4 Å². The smallest absolute Gasteiger partial charge is 0.266 e. The highest BCUT2D eigenvalue weighted by atomic mass is 16.2. The third-order valence-electron chi connectivity index (χ3n) is 3.70. The quantitative estimate of drug-likeness (QED) is 0.651. The van der Waals surface area contributed by atoms with Crippen LogP contribution in [-0.2, 0) is 11.2 Å². The van der Waals surface area contributed by atoms with Crippen LogP contribution in [0.25, 0.3) is 6.08 Å². The van der Waals surface area contributed by atoms with Crippen molar-refractivity contribution in [2.45, 2.75) is 13.3 Å². The zero-order valence-corrected chi connectivity index (χ0v) is 14.2. The molecule has 0 aliphatic carbocycles. The molecular weight excluding hydrogens is 314 g/mol. The van der Waals surface area contributed by atoms with Gasteiger partial charge in [0.15, 0.2) is 0 Å². The molecule has 0 fully saturated rings. The van der Waals surface area contributed by atoms with E-state index in [-0.39, 0.29) is 11.5 Å². The number of amides is 2. The minimum atomic E-state index is -0.470. The summed E-state index contributed by atoms with van der Waals surface area (Å²) in [4.78, 5) is 23.8. The van der Waals surface area contributed by atoms with Crippen LogP contribution in [0.2, 0.25) is 0 Å². The molecule has 2 amide bonds. The number of carbonyl (C=O) groups excluding carboxylic acids is 2. The number of hydrogen-bond acceptors (Lipinski definition) is 3. The molecule has 5 nitrogen and oxygen atoms in total. The summed E-state index contributed by atoms with van der Waals surface area (Å²) in [5.74, 6) is -0.661. The van der Waals surface area contributed by atoms with E-state index in [1.807, 2.05) is 30.3 Å². The van der Waals surface area contributed by atoms with Gasteiger partial charge in [-0.25, -0.2) is 0 Å². The second kappa shape index (κ2) is 8.46. The SMILES string of the molecule is CCc1ccc(NC(=O)/C(C#N)=C/c2ccc(C(=O)NC)cc2)cc1. The van der Waals surface area contributed by atoms with Gasteiger partial charge in [-0.15, -0.1) is 0 Å². The number of nitriles is 1. The Balaban J connectivity index is 2.14. The molecule has 0 aromatic heterocycles. The van der Waals surface area contributed by atoms with Gasteiger partial charge in [-0.1, -0.05) is 31.2 Å². The van der Waals surface area contributed by atoms with Crippen molar-refractivity contribution in [1.82, 2.24) is 5.32 Å². The van der Waals surface area contributed by atoms with Crippen molar-refractivity contribution >= 4 is 23.6 Å². The summed E-state index contributed by atoms with van der Waals surface area (Å²) in [6, 6.07) is 16.0. The van der Waals surface area contributed by atoms with Gasteiger partial charge in [0.25, 0.3) is 11.8 Å². The van der Waals surface area contributed by atoms with Crippen LogP contribution in [0.4, 0.5) is 5.69 Å². The Bertz CT molecular complexity index is 829. The number of hydrogen-bond donors (Lipinski definition) is 2. The normalized spacial score (nSPS) is 10.7. The van der Waals surface area contributed by atoms with Gasteiger partial charge in [0.1, 0.15) is 11.6 Å². The molecule has 0 spiro atoms. The molecule has 2 aromatic rings. The molecule has 0 unspecified atom stereocenters. The van der Waals surface area contributed by atoms with E-state index in [0.717, 1.165) is 6.42 Å². The van der Waals surface area contributed by atoms with E-state index in [9.17, 15) is 14.9 Å². The molecule has 2 N–H and O–H groups in total. The van der Waals surface area contributed by atoms with E-state index in [0.29, 0.717) is 16.8 Å². The zero-order valence-electron chi connectivity index (χ0n) is 14.2. The third kappa shape index (κ3) is 4.79. The Labute approximate surface area is 147 Å². The van der Waals surface area contributed by atoms with Gasteiger partial charge in [0.2, 0.25) is 0 Å². The van der Waals surface area contributed by atoms with Crippen LogP contribution < -0.4 is 10.6 Å². The van der Waals surface area contributed by atoms with Gasteiger partial charge in [0, 0.05) is 18.3 Å². The maximum atomic E-state index is 12.3. The lowest BCUT2D eigenvalue weighted by Crippen LogP contribution is -2.17. The summed E-state index contributed by atoms with van der Waals surface area (Å²) in [5, 5.41) is 14.5. The lowest BCUT2D eigenvalue weighted by molar-refractivity contribution is -0.112. The molecule has 5 heteroatoms. The van der Waals surface area contributed by atoms with E-state index in [1.54, 1.807) is 31.3 Å². The fourth-order valence-corrected chi connectivity index (χ4v) is 2.21. The first-order valence-corrected chi connectivity index (χ1v) is 7.91. The Morgan fingerprint density at radius 3 is 2.24 bits per heavy atom. The standard InChI is InChI=1S/C20H19N3O2/c1-3-14-6-10-18(11-7-14)23-20(25)17(13-21)12-15-4-8-16(9-5-15)19(24)22-2/h4-12H,3H2,1-2H3,(H,22,24)(H,23,25)/b17-12+. The van der Waals surface area contributed by atoms with Crippen LogP contribution >= 0.6 is 0 Å². The number of benzene rings is 2. The highest BCUT2D eigenvalue weighted by Crippen LogP contribution is 2.13. The zero-order chi connectivity index (χ0) is 18.2. The number of rotatable bonds is 5. The first-order chi connectivity index (χ1) is 12.1. The maximum Gasteiger partial charge on any atom is 0.266 e. The first kappa shape index (κ1) is 18.0. The van der Waals surface area contributed by atoms with Gasteiger partial charge in [0.05, 0.1) is 0 Å². The maximum absolute atomic E-state index is 12.3. The van der Waals surface area contributed by atoms with Crippen molar-refractivity contribution in [2.24, 2.45) is 0 Å². The highest BCUT2D eigenvalue weighted by Gasteiger charge is 2.10. The summed E-state index contributed by atoms with van der Waals surface area (Å²) >= 11 is 0. The Morgan fingerprint density at radius 1 is 1.08 bits per heavy atom. The average Bonchev–Trinajstić information content (AvgIpc) is 2.66. The molecule has 0 aliphatic heterocycles. The van der Waals surface area contributed by atoms with Crippen LogP contribution in [0, 0.1) is 11.3 Å². The average molecular weight is 333 g/mol. The molecule has 126 valence electrons. The van der Waals surface area contributed by atoms with Crippen LogP contribution in [0.3, 0.4) is 0 Å². The predicted octanol–water partition coefficient (Wildman–Crippen LogP) is 3.15. The minimum absolute atomic E-state index is 0.00717. The molecule has 0 atom stereocenters. The summed E-state index contributed by atoms with van der Waals surface area (Å²) in [6.45, 7) is 2.06. The molecule has 2 rings (SSSR count). The fourth-order valence-electron chi connectivity index (χ4n) is 2.21. The van der Waals surface area contributed by atoms with E-state index in [4.69, 9.17) is 0 Å². The summed E-state index contributed by atoms with van der Waals surface area (Å²) in [6.07, 6.45) is 2.41. The Morgan fingerprint density at radius 2 is 1.72 bits per heavy atom. The lowest BCUT2D eigenvalue weighted by Gasteiger charge is -2.05. The Kier molecular flexibility index (Phi) is 6.08. The highest BCUT2D eigenvalue weighted by molar-refractivity contribution is 6.09. The third-order valence-corrected chi connectivity index (χ3v) is 3.70. The van der Waals surface area contributed by atoms with Gasteiger partial charge in [-0.3, -0.25) is 9.59 Å². The van der Waals surface area contributed by atoms with Crippen molar-refractivity contribution < 1.29 is 9.59 Å². The number of carbonyl (C=O) groups is 2. The fraction of sp³-hybridized carbons (Fsp3) is 0.150. The molecule has 0 saturated heterocycles. The van der Waals surface area contributed by atoms with Gasteiger partial charge < -0.3 is 10.6 Å². The molecule has 25 heavy (non-hydrogen) atoms. The van der Waals surface area contributed by atoms with E-state index < -0.39 is 5.91 Å². The molecule has 0 aliphatic rings. The molecule has 0 radical (unpaired) electrons. The molecule has 0 saturated carbocycles. The van der Waals surface area contributed by atoms with Crippen molar-refractivity contribution in [1.29, 1.82) is 5.26 Å². The largest absolute Gasteiger partial charge is 0.355 e. The van der Waals surface area contributed by atoms with E-state index in [1.165, 1.54) is 11.6 Å². The Hall–Kier alpha value is -3.39. The summed E-state index contributed by atoms with van der Waals surface area (Å²) < 4.78 is 0. The van der Waals surface area contributed by atoms with Crippen LogP contribution in [-0.4, -0.2) is 18.9 Å². The monoisotopic (exact) mass is 333 g/mol.